The van der Waals surface area contributed by atoms with E-state index >= 15 is 0 Å². The van der Waals surface area contributed by atoms with Crippen molar-refractivity contribution in [3.63, 3.8) is 0 Å². The van der Waals surface area contributed by atoms with Crippen LogP contribution in [0.5, 0.6) is 5.75 Å². The lowest BCUT2D eigenvalue weighted by Crippen LogP contribution is -2.04. The van der Waals surface area contributed by atoms with Crippen LogP contribution in [0.25, 0.3) is 16.9 Å². The number of pyridine rings is 1. The second-order valence-electron chi connectivity index (χ2n) is 4.92. The molecular weight excluding hydrogens is 286 g/mol. The quantitative estimate of drug-likeness (QED) is 0.686. The number of aryl methyl sites for hydroxylation is 1. The van der Waals surface area contributed by atoms with Crippen molar-refractivity contribution < 1.29 is 4.74 Å². The zero-order valence-electron chi connectivity index (χ0n) is 12.2. The maximum atomic E-state index is 6.30. The van der Waals surface area contributed by atoms with Gasteiger partial charge in [-0.2, -0.15) is 0 Å². The Morgan fingerprint density at radius 3 is 2.76 bits per heavy atom. The Labute approximate surface area is 128 Å². The van der Waals surface area contributed by atoms with Crippen LogP contribution in [0.4, 0.5) is 0 Å². The molecule has 3 rings (SSSR count). The third-order valence-electron chi connectivity index (χ3n) is 3.44. The number of halogens is 1. The highest BCUT2D eigenvalue weighted by Gasteiger charge is 2.18. The van der Waals surface area contributed by atoms with Gasteiger partial charge in [0.05, 0.1) is 18.2 Å². The van der Waals surface area contributed by atoms with Crippen LogP contribution in [0.3, 0.4) is 0 Å². The van der Waals surface area contributed by atoms with Crippen molar-refractivity contribution in [1.29, 1.82) is 0 Å². The number of benzene rings is 1. The molecule has 0 aliphatic carbocycles. The van der Waals surface area contributed by atoms with Crippen molar-refractivity contribution in [2.75, 3.05) is 7.11 Å². The summed E-state index contributed by atoms with van der Waals surface area (Å²) < 4.78 is 7.28. The molecule has 0 fully saturated rings. The molecule has 2 aromatic heterocycles. The molecule has 0 radical (unpaired) electrons. The Kier molecular flexibility index (Phi) is 3.55. The number of fused-ring (bicyclic) bond motifs is 1. The van der Waals surface area contributed by atoms with Crippen molar-refractivity contribution >= 4 is 22.8 Å². The highest BCUT2D eigenvalue weighted by atomic mass is 35.5. The normalized spacial score (nSPS) is 12.6. The Morgan fingerprint density at radius 1 is 1.29 bits per heavy atom. The number of hydrogen-bond donors (Lipinski definition) is 0. The van der Waals surface area contributed by atoms with Crippen LogP contribution in [0.1, 0.15) is 23.7 Å². The predicted molar refractivity (Wildman–Crippen MR) is 84.4 cm³/mol. The van der Waals surface area contributed by atoms with E-state index < -0.39 is 0 Å². The fourth-order valence-electron chi connectivity index (χ4n) is 2.44. The second kappa shape index (κ2) is 5.37. The van der Waals surface area contributed by atoms with Gasteiger partial charge in [0.25, 0.3) is 0 Å². The predicted octanol–water partition coefficient (Wildman–Crippen LogP) is 4.04. The first-order valence-corrected chi connectivity index (χ1v) is 7.18. The molecule has 0 saturated heterocycles. The van der Waals surface area contributed by atoms with E-state index in [4.69, 9.17) is 16.3 Å². The van der Waals surface area contributed by atoms with Crippen molar-refractivity contribution in [3.05, 3.63) is 47.9 Å². The molecule has 0 saturated carbocycles. The van der Waals surface area contributed by atoms with Gasteiger partial charge in [0.2, 0.25) is 0 Å². The average Bonchev–Trinajstić information content (AvgIpc) is 2.86. The van der Waals surface area contributed by atoms with Gasteiger partial charge in [-0.25, -0.2) is 9.97 Å². The van der Waals surface area contributed by atoms with Crippen LogP contribution < -0.4 is 4.74 Å². The van der Waals surface area contributed by atoms with E-state index in [9.17, 15) is 0 Å². The van der Waals surface area contributed by atoms with Gasteiger partial charge in [-0.1, -0.05) is 0 Å². The van der Waals surface area contributed by atoms with Crippen LogP contribution in [0, 0.1) is 6.92 Å². The minimum Gasteiger partial charge on any atom is -0.497 e. The highest BCUT2D eigenvalue weighted by molar-refractivity contribution is 6.20. The second-order valence-corrected chi connectivity index (χ2v) is 5.57. The summed E-state index contributed by atoms with van der Waals surface area (Å²) in [6.07, 6.45) is 1.77. The monoisotopic (exact) mass is 301 g/mol. The summed E-state index contributed by atoms with van der Waals surface area (Å²) >= 11 is 6.30. The number of imidazole rings is 1. The summed E-state index contributed by atoms with van der Waals surface area (Å²) in [7, 11) is 1.66. The van der Waals surface area contributed by atoms with Crippen LogP contribution in [0.15, 0.2) is 36.5 Å². The maximum Gasteiger partial charge on any atom is 0.164 e. The highest BCUT2D eigenvalue weighted by Crippen LogP contribution is 2.29. The zero-order chi connectivity index (χ0) is 15.0. The molecule has 2 heterocycles. The molecular formula is C16H16ClN3O. The first-order chi connectivity index (χ1) is 10.1. The Hall–Kier alpha value is -2.07. The molecule has 21 heavy (non-hydrogen) atoms. The van der Waals surface area contributed by atoms with Crippen LogP contribution in [-0.4, -0.2) is 21.6 Å². The molecule has 0 spiro atoms. The number of nitrogens with zero attached hydrogens (tertiary/aromatic N) is 3. The Morgan fingerprint density at radius 2 is 2.10 bits per heavy atom. The van der Waals surface area contributed by atoms with Gasteiger partial charge in [0, 0.05) is 6.20 Å². The smallest absolute Gasteiger partial charge is 0.164 e. The van der Waals surface area contributed by atoms with Crippen molar-refractivity contribution in [2.45, 2.75) is 19.2 Å². The summed E-state index contributed by atoms with van der Waals surface area (Å²) in [5.41, 5.74) is 3.75. The van der Waals surface area contributed by atoms with Gasteiger partial charge in [0.1, 0.15) is 17.1 Å². The van der Waals surface area contributed by atoms with E-state index in [2.05, 4.69) is 9.97 Å². The van der Waals surface area contributed by atoms with Gasteiger partial charge >= 0.3 is 0 Å². The van der Waals surface area contributed by atoms with Crippen molar-refractivity contribution in [2.24, 2.45) is 0 Å². The minimum atomic E-state index is -0.208. The Balaban J connectivity index is 2.30. The van der Waals surface area contributed by atoms with E-state index in [-0.39, 0.29) is 5.38 Å². The lowest BCUT2D eigenvalue weighted by Gasteiger charge is -2.13. The molecule has 1 unspecified atom stereocenters. The van der Waals surface area contributed by atoms with Crippen LogP contribution in [0.2, 0.25) is 0 Å². The van der Waals surface area contributed by atoms with E-state index in [1.807, 2.05) is 48.7 Å². The molecule has 0 aliphatic rings. The third-order valence-corrected chi connectivity index (χ3v) is 3.64. The molecule has 108 valence electrons. The third kappa shape index (κ3) is 2.36. The summed E-state index contributed by atoms with van der Waals surface area (Å²) in [5, 5.41) is -0.208. The largest absolute Gasteiger partial charge is 0.497 e. The number of aromatic nitrogens is 3. The summed E-state index contributed by atoms with van der Waals surface area (Å²) in [5.74, 6) is 1.62. The molecule has 0 amide bonds. The zero-order valence-corrected chi connectivity index (χ0v) is 12.9. The maximum absolute atomic E-state index is 6.30. The lowest BCUT2D eigenvalue weighted by molar-refractivity contribution is 0.414. The van der Waals surface area contributed by atoms with E-state index in [1.54, 1.807) is 13.3 Å². The number of rotatable bonds is 3. The minimum absolute atomic E-state index is 0.208. The van der Waals surface area contributed by atoms with Crippen LogP contribution in [-0.2, 0) is 0 Å². The number of ether oxygens (including phenoxy) is 1. The van der Waals surface area contributed by atoms with Gasteiger partial charge < -0.3 is 4.74 Å². The summed E-state index contributed by atoms with van der Waals surface area (Å²) in [6, 6.07) is 9.75. The number of hydrogen-bond acceptors (Lipinski definition) is 3. The van der Waals surface area contributed by atoms with Gasteiger partial charge in [-0.15, -0.1) is 11.6 Å². The fourth-order valence-corrected chi connectivity index (χ4v) is 2.59. The fraction of sp³-hybridized carbons (Fsp3) is 0.250. The Bertz CT molecular complexity index is 795. The summed E-state index contributed by atoms with van der Waals surface area (Å²) in [4.78, 5) is 9.06. The molecule has 3 aromatic rings. The number of methoxy groups -OCH3 is 1. The van der Waals surface area contributed by atoms with E-state index in [0.717, 1.165) is 34.0 Å². The van der Waals surface area contributed by atoms with Crippen molar-refractivity contribution in [3.8, 4) is 11.4 Å². The summed E-state index contributed by atoms with van der Waals surface area (Å²) in [6.45, 7) is 3.95. The first-order valence-electron chi connectivity index (χ1n) is 6.74. The molecule has 1 atom stereocenters. The van der Waals surface area contributed by atoms with E-state index in [1.165, 1.54) is 0 Å². The molecule has 0 aliphatic heterocycles. The SMILES string of the molecule is COc1ccc(-n2c(C(C)Cl)nc3cccnc32)c(C)c1. The molecule has 1 aromatic carbocycles. The van der Waals surface area contributed by atoms with Gasteiger partial charge in [-0.05, 0) is 49.7 Å². The molecule has 0 N–H and O–H groups in total. The topological polar surface area (TPSA) is 39.9 Å². The van der Waals surface area contributed by atoms with Crippen LogP contribution >= 0.6 is 11.6 Å². The van der Waals surface area contributed by atoms with Gasteiger partial charge in [-0.3, -0.25) is 4.57 Å². The van der Waals surface area contributed by atoms with Crippen molar-refractivity contribution in [1.82, 2.24) is 14.5 Å². The molecule has 0 bridgehead atoms. The van der Waals surface area contributed by atoms with Gasteiger partial charge in [0.15, 0.2) is 5.65 Å². The standard InChI is InChI=1S/C16H16ClN3O/c1-10-9-12(21-3)6-7-14(10)20-15(11(2)17)19-13-5-4-8-18-16(13)20/h4-9,11H,1-3H3. The number of alkyl halides is 1. The molecule has 4 nitrogen and oxygen atoms in total. The van der Waals surface area contributed by atoms with E-state index in [0.29, 0.717) is 0 Å². The lowest BCUT2D eigenvalue weighted by atomic mass is 10.2. The average molecular weight is 302 g/mol. The molecule has 5 heteroatoms. The first kappa shape index (κ1) is 13.9.